The van der Waals surface area contributed by atoms with Crippen molar-refractivity contribution in [3.63, 3.8) is 0 Å². The van der Waals surface area contributed by atoms with Crippen molar-refractivity contribution >= 4 is 34.2 Å². The number of esters is 1. The molecule has 1 heterocycles. The molecule has 112 valence electrons. The maximum absolute atomic E-state index is 12.8. The van der Waals surface area contributed by atoms with E-state index in [0.29, 0.717) is 16.0 Å². The van der Waals surface area contributed by atoms with Gasteiger partial charge >= 0.3 is 5.97 Å². The summed E-state index contributed by atoms with van der Waals surface area (Å²) < 4.78 is 18.1. The van der Waals surface area contributed by atoms with Crippen molar-refractivity contribution in [1.82, 2.24) is 10.2 Å². The van der Waals surface area contributed by atoms with E-state index in [0.717, 1.165) is 5.56 Å². The molecule has 21 heavy (non-hydrogen) atoms. The van der Waals surface area contributed by atoms with Crippen LogP contribution in [0.1, 0.15) is 12.5 Å². The number of ether oxygens (including phenoxy) is 1. The van der Waals surface area contributed by atoms with Gasteiger partial charge in [-0.1, -0.05) is 35.2 Å². The minimum absolute atomic E-state index is 0.259. The second kappa shape index (κ2) is 7.37. The molecule has 8 heteroatoms. The van der Waals surface area contributed by atoms with Crippen molar-refractivity contribution in [3.05, 3.63) is 35.6 Å². The average Bonchev–Trinajstić information content (AvgIpc) is 2.93. The minimum atomic E-state index is -0.326. The van der Waals surface area contributed by atoms with Crippen molar-refractivity contribution in [1.29, 1.82) is 0 Å². The molecule has 0 aliphatic rings. The number of carbonyl (C=O) groups excluding carboxylic acids is 1. The van der Waals surface area contributed by atoms with Crippen molar-refractivity contribution in [2.75, 3.05) is 12.4 Å². The highest BCUT2D eigenvalue weighted by Gasteiger charge is 2.17. The standard InChI is InChI=1S/C13H14FN3O2S2/c1-8(11(18)19-2)20-13-17-16-12(21-13)15-7-9-3-5-10(14)6-4-9/h3-6,8H,7H2,1-2H3,(H,15,16). The highest BCUT2D eigenvalue weighted by molar-refractivity contribution is 8.02. The van der Waals surface area contributed by atoms with Crippen LogP contribution in [0.5, 0.6) is 0 Å². The van der Waals surface area contributed by atoms with Crippen LogP contribution < -0.4 is 5.32 Å². The zero-order chi connectivity index (χ0) is 15.2. The topological polar surface area (TPSA) is 64.1 Å². The SMILES string of the molecule is COC(=O)C(C)Sc1nnc(NCc2ccc(F)cc2)s1. The number of halogens is 1. The Balaban J connectivity index is 1.88. The number of carbonyl (C=O) groups is 1. The fraction of sp³-hybridized carbons (Fsp3) is 0.308. The van der Waals surface area contributed by atoms with Crippen molar-refractivity contribution in [3.8, 4) is 0 Å². The fourth-order valence-electron chi connectivity index (χ4n) is 1.47. The van der Waals surface area contributed by atoms with E-state index in [1.807, 2.05) is 0 Å². The van der Waals surface area contributed by atoms with Gasteiger partial charge in [0.15, 0.2) is 4.34 Å². The first-order chi connectivity index (χ1) is 10.1. The minimum Gasteiger partial charge on any atom is -0.468 e. The van der Waals surface area contributed by atoms with Gasteiger partial charge in [-0.25, -0.2) is 4.39 Å². The molecule has 0 aliphatic carbocycles. The number of nitrogens with one attached hydrogen (secondary N) is 1. The first kappa shape index (κ1) is 15.7. The van der Waals surface area contributed by atoms with Crippen LogP contribution in [-0.4, -0.2) is 28.5 Å². The summed E-state index contributed by atoms with van der Waals surface area (Å²) in [7, 11) is 1.36. The molecular weight excluding hydrogens is 313 g/mol. The molecule has 1 N–H and O–H groups in total. The second-order valence-corrected chi connectivity index (χ2v) is 6.70. The molecule has 1 atom stereocenters. The molecule has 0 aliphatic heterocycles. The van der Waals surface area contributed by atoms with E-state index in [4.69, 9.17) is 0 Å². The Morgan fingerprint density at radius 1 is 1.43 bits per heavy atom. The molecule has 1 unspecified atom stereocenters. The highest BCUT2D eigenvalue weighted by atomic mass is 32.2. The molecule has 0 spiro atoms. The van der Waals surface area contributed by atoms with Gasteiger partial charge in [0.25, 0.3) is 0 Å². The number of anilines is 1. The van der Waals surface area contributed by atoms with E-state index < -0.39 is 0 Å². The van der Waals surface area contributed by atoms with Gasteiger partial charge in [-0.3, -0.25) is 4.79 Å². The largest absolute Gasteiger partial charge is 0.468 e. The Morgan fingerprint density at radius 3 is 2.81 bits per heavy atom. The number of aromatic nitrogens is 2. The molecule has 0 saturated heterocycles. The van der Waals surface area contributed by atoms with Crippen LogP contribution in [0.15, 0.2) is 28.6 Å². The van der Waals surface area contributed by atoms with Gasteiger partial charge in [0, 0.05) is 6.54 Å². The third-order valence-corrected chi connectivity index (χ3v) is 4.62. The zero-order valence-electron chi connectivity index (χ0n) is 11.5. The van der Waals surface area contributed by atoms with E-state index in [1.54, 1.807) is 19.1 Å². The van der Waals surface area contributed by atoms with Gasteiger partial charge in [0.05, 0.1) is 7.11 Å². The lowest BCUT2D eigenvalue weighted by molar-refractivity contribution is -0.139. The van der Waals surface area contributed by atoms with Crippen LogP contribution in [0.25, 0.3) is 0 Å². The van der Waals surface area contributed by atoms with Gasteiger partial charge in [-0.05, 0) is 24.6 Å². The lowest BCUT2D eigenvalue weighted by Gasteiger charge is -2.04. The van der Waals surface area contributed by atoms with Gasteiger partial charge < -0.3 is 10.1 Å². The Bertz CT molecular complexity index is 604. The Morgan fingerprint density at radius 2 is 2.14 bits per heavy atom. The van der Waals surface area contributed by atoms with Crippen LogP contribution in [-0.2, 0) is 16.1 Å². The number of methoxy groups -OCH3 is 1. The van der Waals surface area contributed by atoms with Gasteiger partial charge in [0.1, 0.15) is 11.1 Å². The smallest absolute Gasteiger partial charge is 0.318 e. The van der Waals surface area contributed by atoms with Crippen molar-refractivity contribution in [2.45, 2.75) is 23.1 Å². The predicted molar refractivity (Wildman–Crippen MR) is 81.0 cm³/mol. The Kier molecular flexibility index (Phi) is 5.51. The first-order valence-corrected chi connectivity index (χ1v) is 7.84. The summed E-state index contributed by atoms with van der Waals surface area (Å²) in [5.41, 5.74) is 0.948. The maximum atomic E-state index is 12.8. The van der Waals surface area contributed by atoms with E-state index >= 15 is 0 Å². The molecule has 0 fully saturated rings. The Hall–Kier alpha value is -1.67. The van der Waals surface area contributed by atoms with E-state index in [-0.39, 0.29) is 17.0 Å². The number of thioether (sulfide) groups is 1. The second-order valence-electron chi connectivity index (χ2n) is 4.14. The highest BCUT2D eigenvalue weighted by Crippen LogP contribution is 2.29. The van der Waals surface area contributed by atoms with Crippen LogP contribution in [0.4, 0.5) is 9.52 Å². The molecule has 2 aromatic rings. The molecule has 0 saturated carbocycles. The average molecular weight is 327 g/mol. The van der Waals surface area contributed by atoms with Crippen LogP contribution in [0.2, 0.25) is 0 Å². The third kappa shape index (κ3) is 4.68. The number of nitrogens with zero attached hydrogens (tertiary/aromatic N) is 2. The molecule has 0 bridgehead atoms. The van der Waals surface area contributed by atoms with Gasteiger partial charge in [-0.15, -0.1) is 10.2 Å². The summed E-state index contributed by atoms with van der Waals surface area (Å²) >= 11 is 2.66. The monoisotopic (exact) mass is 327 g/mol. The fourth-order valence-corrected chi connectivity index (χ4v) is 3.39. The Labute approximate surface area is 129 Å². The summed E-state index contributed by atoms with van der Waals surface area (Å²) in [6.07, 6.45) is 0. The zero-order valence-corrected chi connectivity index (χ0v) is 13.1. The van der Waals surface area contributed by atoms with Gasteiger partial charge in [-0.2, -0.15) is 0 Å². The number of rotatable bonds is 6. The number of benzene rings is 1. The molecule has 0 amide bonds. The molecule has 1 aromatic carbocycles. The molecule has 5 nitrogen and oxygen atoms in total. The number of hydrogen-bond acceptors (Lipinski definition) is 7. The van der Waals surface area contributed by atoms with Crippen molar-refractivity contribution in [2.24, 2.45) is 0 Å². The quantitative estimate of drug-likeness (QED) is 0.650. The molecule has 0 radical (unpaired) electrons. The number of hydrogen-bond donors (Lipinski definition) is 1. The lowest BCUT2D eigenvalue weighted by atomic mass is 10.2. The predicted octanol–water partition coefficient (Wildman–Crippen LogP) is 2.94. The van der Waals surface area contributed by atoms with Crippen molar-refractivity contribution < 1.29 is 13.9 Å². The lowest BCUT2D eigenvalue weighted by Crippen LogP contribution is -2.14. The van der Waals surface area contributed by atoms with E-state index in [1.165, 1.54) is 42.3 Å². The summed E-state index contributed by atoms with van der Waals surface area (Å²) in [5.74, 6) is -0.554. The van der Waals surface area contributed by atoms with Gasteiger partial charge in [0.2, 0.25) is 5.13 Å². The molecular formula is C13H14FN3O2S2. The maximum Gasteiger partial charge on any atom is 0.318 e. The summed E-state index contributed by atoms with van der Waals surface area (Å²) in [5, 5.41) is 11.4. The summed E-state index contributed by atoms with van der Waals surface area (Å²) in [6.45, 7) is 2.29. The summed E-state index contributed by atoms with van der Waals surface area (Å²) in [4.78, 5) is 11.3. The van der Waals surface area contributed by atoms with Crippen LogP contribution in [0, 0.1) is 5.82 Å². The van der Waals surface area contributed by atoms with E-state index in [2.05, 4.69) is 20.3 Å². The normalized spacial score (nSPS) is 12.0. The first-order valence-electron chi connectivity index (χ1n) is 6.15. The third-order valence-electron chi connectivity index (χ3n) is 2.57. The van der Waals surface area contributed by atoms with E-state index in [9.17, 15) is 9.18 Å². The van der Waals surface area contributed by atoms with Crippen LogP contribution >= 0.6 is 23.1 Å². The van der Waals surface area contributed by atoms with Crippen LogP contribution in [0.3, 0.4) is 0 Å². The summed E-state index contributed by atoms with van der Waals surface area (Å²) in [6, 6.07) is 6.24. The molecule has 1 aromatic heterocycles. The molecule has 2 rings (SSSR count).